The van der Waals surface area contributed by atoms with Crippen LogP contribution in [0.15, 0.2) is 18.2 Å². The predicted octanol–water partition coefficient (Wildman–Crippen LogP) is 2.76. The Balaban J connectivity index is 2.84. The zero-order valence-electron chi connectivity index (χ0n) is 11.5. The van der Waals surface area contributed by atoms with E-state index < -0.39 is 5.97 Å². The van der Waals surface area contributed by atoms with E-state index in [2.05, 4.69) is 19.9 Å². The molecule has 0 atom stereocenters. The van der Waals surface area contributed by atoms with Crippen LogP contribution in [0.4, 0.5) is 0 Å². The Labute approximate surface area is 112 Å². The van der Waals surface area contributed by atoms with E-state index in [0.29, 0.717) is 12.5 Å². The molecule has 0 amide bonds. The van der Waals surface area contributed by atoms with Crippen molar-refractivity contribution in [3.8, 4) is 0 Å². The number of aromatic nitrogens is 1. The molecule has 0 saturated heterocycles. The van der Waals surface area contributed by atoms with Crippen LogP contribution in [0.2, 0.25) is 0 Å². The minimum atomic E-state index is -0.961. The summed E-state index contributed by atoms with van der Waals surface area (Å²) in [6.45, 7) is 6.41. The van der Waals surface area contributed by atoms with E-state index in [0.717, 1.165) is 22.0 Å². The number of aliphatic hydroxyl groups is 1. The van der Waals surface area contributed by atoms with Crippen LogP contribution in [0.3, 0.4) is 0 Å². The van der Waals surface area contributed by atoms with Gasteiger partial charge in [-0.1, -0.05) is 25.5 Å². The first-order valence-electron chi connectivity index (χ1n) is 6.43. The summed E-state index contributed by atoms with van der Waals surface area (Å²) < 4.78 is 1.70. The molecule has 2 aromatic rings. The normalized spacial score (nSPS) is 11.4. The van der Waals surface area contributed by atoms with E-state index in [1.54, 1.807) is 10.6 Å². The van der Waals surface area contributed by atoms with Crippen molar-refractivity contribution >= 4 is 16.9 Å². The quantitative estimate of drug-likeness (QED) is 0.889. The van der Waals surface area contributed by atoms with E-state index in [4.69, 9.17) is 0 Å². The van der Waals surface area contributed by atoms with Crippen molar-refractivity contribution < 1.29 is 15.0 Å². The summed E-state index contributed by atoms with van der Waals surface area (Å²) in [6, 6.07) is 5.76. The zero-order valence-corrected chi connectivity index (χ0v) is 11.5. The van der Waals surface area contributed by atoms with Gasteiger partial charge in [-0.05, 0) is 30.5 Å². The smallest absolute Gasteiger partial charge is 0.352 e. The van der Waals surface area contributed by atoms with Crippen LogP contribution < -0.4 is 0 Å². The molecule has 1 aromatic carbocycles. The van der Waals surface area contributed by atoms with Crippen LogP contribution in [-0.4, -0.2) is 27.4 Å². The van der Waals surface area contributed by atoms with Gasteiger partial charge in [-0.25, -0.2) is 4.79 Å². The summed E-state index contributed by atoms with van der Waals surface area (Å²) in [4.78, 5) is 11.3. The molecule has 102 valence electrons. The second-order valence-corrected chi connectivity index (χ2v) is 5.16. The number of hydrogen-bond acceptors (Lipinski definition) is 2. The molecular formula is C15H19NO3. The molecule has 19 heavy (non-hydrogen) atoms. The molecule has 1 aromatic heterocycles. The fourth-order valence-corrected chi connectivity index (χ4v) is 2.55. The Morgan fingerprint density at radius 2 is 2.00 bits per heavy atom. The second kappa shape index (κ2) is 5.05. The lowest BCUT2D eigenvalue weighted by Gasteiger charge is -2.13. The largest absolute Gasteiger partial charge is 0.477 e. The van der Waals surface area contributed by atoms with Gasteiger partial charge in [0.2, 0.25) is 0 Å². The van der Waals surface area contributed by atoms with Crippen LogP contribution >= 0.6 is 0 Å². The van der Waals surface area contributed by atoms with E-state index in [-0.39, 0.29) is 12.3 Å². The average molecular weight is 261 g/mol. The molecule has 0 unspecified atom stereocenters. The van der Waals surface area contributed by atoms with E-state index >= 15 is 0 Å². The summed E-state index contributed by atoms with van der Waals surface area (Å²) >= 11 is 0. The molecule has 2 N–H and O–H groups in total. The molecule has 0 saturated carbocycles. The molecule has 4 heteroatoms. The van der Waals surface area contributed by atoms with Crippen molar-refractivity contribution in [2.24, 2.45) is 0 Å². The van der Waals surface area contributed by atoms with Crippen LogP contribution in [0.1, 0.15) is 41.4 Å². The Bertz CT molecular complexity index is 626. The highest BCUT2D eigenvalue weighted by Gasteiger charge is 2.18. The summed E-state index contributed by atoms with van der Waals surface area (Å²) in [5.74, 6) is -0.659. The summed E-state index contributed by atoms with van der Waals surface area (Å²) in [5, 5.41) is 19.4. The lowest BCUT2D eigenvalue weighted by Crippen LogP contribution is -2.11. The highest BCUT2D eigenvalue weighted by Crippen LogP contribution is 2.30. The van der Waals surface area contributed by atoms with Gasteiger partial charge in [-0.2, -0.15) is 0 Å². The van der Waals surface area contributed by atoms with Gasteiger partial charge in [-0.3, -0.25) is 0 Å². The molecule has 2 rings (SSSR count). The van der Waals surface area contributed by atoms with Gasteiger partial charge in [0.05, 0.1) is 12.1 Å². The Kier molecular flexibility index (Phi) is 3.62. The summed E-state index contributed by atoms with van der Waals surface area (Å²) in [7, 11) is 0. The fourth-order valence-electron chi connectivity index (χ4n) is 2.55. The molecular weight excluding hydrogens is 242 g/mol. The van der Waals surface area contributed by atoms with Crippen molar-refractivity contribution in [2.75, 3.05) is 6.61 Å². The van der Waals surface area contributed by atoms with Crippen molar-refractivity contribution in [1.29, 1.82) is 0 Å². The Morgan fingerprint density at radius 1 is 1.32 bits per heavy atom. The number of hydrogen-bond donors (Lipinski definition) is 2. The molecule has 0 fully saturated rings. The van der Waals surface area contributed by atoms with Gasteiger partial charge in [-0.15, -0.1) is 0 Å². The molecule has 4 nitrogen and oxygen atoms in total. The van der Waals surface area contributed by atoms with Crippen LogP contribution in [0.25, 0.3) is 10.9 Å². The third-order valence-corrected chi connectivity index (χ3v) is 3.33. The van der Waals surface area contributed by atoms with E-state index in [1.807, 2.05) is 13.0 Å². The van der Waals surface area contributed by atoms with Crippen molar-refractivity contribution in [2.45, 2.75) is 33.2 Å². The van der Waals surface area contributed by atoms with Gasteiger partial charge in [0.1, 0.15) is 5.69 Å². The molecule has 0 aliphatic rings. The van der Waals surface area contributed by atoms with Crippen LogP contribution in [-0.2, 0) is 6.54 Å². The van der Waals surface area contributed by atoms with Gasteiger partial charge >= 0.3 is 5.97 Å². The summed E-state index contributed by atoms with van der Waals surface area (Å²) in [6.07, 6.45) is 0. The molecule has 0 bridgehead atoms. The van der Waals surface area contributed by atoms with Gasteiger partial charge in [0.15, 0.2) is 0 Å². The lowest BCUT2D eigenvalue weighted by atomic mass is 9.98. The maximum atomic E-state index is 11.3. The number of benzene rings is 1. The van der Waals surface area contributed by atoms with Crippen molar-refractivity contribution in [1.82, 2.24) is 4.57 Å². The number of aryl methyl sites for hydroxylation is 1. The highest BCUT2D eigenvalue weighted by molar-refractivity contribution is 5.96. The maximum absolute atomic E-state index is 11.3. The monoisotopic (exact) mass is 261 g/mol. The first-order valence-corrected chi connectivity index (χ1v) is 6.43. The first-order chi connectivity index (χ1) is 8.95. The number of carboxylic acid groups (broad SMARTS) is 1. The van der Waals surface area contributed by atoms with Gasteiger partial charge < -0.3 is 14.8 Å². The lowest BCUT2D eigenvalue weighted by molar-refractivity contribution is 0.0684. The maximum Gasteiger partial charge on any atom is 0.352 e. The number of aliphatic hydroxyl groups excluding tert-OH is 1. The fraction of sp³-hybridized carbons (Fsp3) is 0.400. The first kappa shape index (κ1) is 13.6. The minimum absolute atomic E-state index is 0.0739. The molecule has 0 radical (unpaired) electrons. The molecule has 0 aliphatic heterocycles. The van der Waals surface area contributed by atoms with Crippen LogP contribution in [0.5, 0.6) is 0 Å². The molecule has 0 spiro atoms. The zero-order chi connectivity index (χ0) is 14.2. The third kappa shape index (κ3) is 2.36. The van der Waals surface area contributed by atoms with E-state index in [1.165, 1.54) is 0 Å². The number of aromatic carboxylic acids is 1. The number of carboxylic acids is 1. The SMILES string of the molecule is Cc1cc(C(C)C)c2c(c1)cc(C(=O)O)n2CCO. The molecule has 1 heterocycles. The number of rotatable bonds is 4. The predicted molar refractivity (Wildman–Crippen MR) is 74.8 cm³/mol. The minimum Gasteiger partial charge on any atom is -0.477 e. The van der Waals surface area contributed by atoms with Gasteiger partial charge in [0, 0.05) is 11.9 Å². The van der Waals surface area contributed by atoms with Gasteiger partial charge in [0.25, 0.3) is 0 Å². The topological polar surface area (TPSA) is 62.5 Å². The Morgan fingerprint density at radius 3 is 2.53 bits per heavy atom. The van der Waals surface area contributed by atoms with E-state index in [9.17, 15) is 15.0 Å². The summed E-state index contributed by atoms with van der Waals surface area (Å²) in [5.41, 5.74) is 3.40. The Hall–Kier alpha value is -1.81. The number of carbonyl (C=O) groups is 1. The highest BCUT2D eigenvalue weighted by atomic mass is 16.4. The number of fused-ring (bicyclic) bond motifs is 1. The third-order valence-electron chi connectivity index (χ3n) is 3.33. The van der Waals surface area contributed by atoms with Crippen molar-refractivity contribution in [3.63, 3.8) is 0 Å². The van der Waals surface area contributed by atoms with Crippen LogP contribution in [0, 0.1) is 6.92 Å². The average Bonchev–Trinajstić information content (AvgIpc) is 2.67. The standard InChI is InChI=1S/C15H19NO3/c1-9(2)12-7-10(3)6-11-8-13(15(18)19)16(4-5-17)14(11)12/h6-9,17H,4-5H2,1-3H3,(H,18,19). The van der Waals surface area contributed by atoms with Crippen molar-refractivity contribution in [3.05, 3.63) is 35.0 Å². The number of nitrogens with zero attached hydrogens (tertiary/aromatic N) is 1. The second-order valence-electron chi connectivity index (χ2n) is 5.16. The molecule has 0 aliphatic carbocycles.